The summed E-state index contributed by atoms with van der Waals surface area (Å²) in [7, 11) is -4.07. The van der Waals surface area contributed by atoms with Crippen molar-refractivity contribution in [3.05, 3.63) is 93.0 Å². The number of nitrogens with zero attached hydrogens (tertiary/aromatic N) is 3. The summed E-state index contributed by atoms with van der Waals surface area (Å²) in [5.41, 5.74) is 3.52. The number of sulfonamides is 1. The van der Waals surface area contributed by atoms with E-state index in [0.29, 0.717) is 5.69 Å². The third kappa shape index (κ3) is 6.59. The zero-order chi connectivity index (χ0) is 25.6. The van der Waals surface area contributed by atoms with Gasteiger partial charge in [-0.25, -0.2) is 13.8 Å². The number of aryl methyl sites for hydroxylation is 1. The van der Waals surface area contributed by atoms with Crippen LogP contribution in [0.2, 0.25) is 5.02 Å². The summed E-state index contributed by atoms with van der Waals surface area (Å²) in [6, 6.07) is 16.9. The van der Waals surface area contributed by atoms with Crippen molar-refractivity contribution in [2.45, 2.75) is 16.7 Å². The van der Waals surface area contributed by atoms with E-state index < -0.39 is 27.4 Å². The maximum atomic E-state index is 13.4. The number of carbonyl (C=O) groups excluding carboxylic acids is 1. The Morgan fingerprint density at radius 1 is 1.14 bits per heavy atom. The van der Waals surface area contributed by atoms with Crippen LogP contribution in [0.25, 0.3) is 0 Å². The second-order valence-corrected chi connectivity index (χ2v) is 10.4. The van der Waals surface area contributed by atoms with Crippen LogP contribution < -0.4 is 9.73 Å². The van der Waals surface area contributed by atoms with Gasteiger partial charge in [0.1, 0.15) is 6.54 Å². The molecule has 3 aromatic rings. The molecule has 0 aliphatic heterocycles. The summed E-state index contributed by atoms with van der Waals surface area (Å²) in [5.74, 6) is -0.715. The van der Waals surface area contributed by atoms with E-state index in [1.807, 2.05) is 13.2 Å². The first-order valence-electron chi connectivity index (χ1n) is 10.1. The number of rotatable bonds is 9. The Balaban J connectivity index is 1.84. The number of nitro groups is 1. The van der Waals surface area contributed by atoms with Gasteiger partial charge in [0.25, 0.3) is 21.6 Å². The lowest BCUT2D eigenvalue weighted by atomic mass is 10.2. The van der Waals surface area contributed by atoms with Gasteiger partial charge in [0.2, 0.25) is 0 Å². The number of hydrazone groups is 1. The van der Waals surface area contributed by atoms with Crippen LogP contribution in [0.5, 0.6) is 0 Å². The van der Waals surface area contributed by atoms with Crippen molar-refractivity contribution in [3.8, 4) is 0 Å². The molecule has 0 aliphatic carbocycles. The van der Waals surface area contributed by atoms with E-state index in [9.17, 15) is 23.3 Å². The molecule has 0 aromatic heterocycles. The molecule has 9 nitrogen and oxygen atoms in total. The highest BCUT2D eigenvalue weighted by atomic mass is 35.5. The average Bonchev–Trinajstić information content (AvgIpc) is 2.84. The van der Waals surface area contributed by atoms with Crippen molar-refractivity contribution in [2.75, 3.05) is 17.1 Å². The number of carbonyl (C=O) groups is 1. The highest BCUT2D eigenvalue weighted by Gasteiger charge is 2.27. The number of hydrogen-bond acceptors (Lipinski definition) is 7. The van der Waals surface area contributed by atoms with Crippen molar-refractivity contribution < 1.29 is 18.1 Å². The number of halogens is 1. The Bertz CT molecular complexity index is 1360. The number of amides is 1. The number of anilines is 1. The molecule has 0 saturated carbocycles. The Kier molecular flexibility index (Phi) is 8.49. The van der Waals surface area contributed by atoms with Crippen molar-refractivity contribution in [1.29, 1.82) is 0 Å². The first kappa shape index (κ1) is 26.2. The molecule has 0 spiro atoms. The van der Waals surface area contributed by atoms with Crippen LogP contribution in [0, 0.1) is 17.0 Å². The van der Waals surface area contributed by atoms with Gasteiger partial charge in [-0.1, -0.05) is 29.3 Å². The van der Waals surface area contributed by atoms with Crippen LogP contribution in [0.4, 0.5) is 11.4 Å². The van der Waals surface area contributed by atoms with E-state index in [1.165, 1.54) is 42.1 Å². The standard InChI is InChI=1S/C23H21ClN4O5S2/c1-16-3-5-18(6-4-16)27(35(32,33)21-10-8-20(34-2)9-11-21)15-23(29)26-25-14-17-13-19(28(30)31)7-12-22(17)24/h3-14H,15H2,1-2H3,(H,26,29)/b25-14-. The molecule has 0 fully saturated rings. The van der Waals surface area contributed by atoms with Crippen molar-refractivity contribution >= 4 is 56.9 Å². The van der Waals surface area contributed by atoms with Gasteiger partial charge < -0.3 is 0 Å². The number of benzene rings is 3. The Hall–Kier alpha value is -3.41. The van der Waals surface area contributed by atoms with Crippen molar-refractivity contribution in [1.82, 2.24) is 5.43 Å². The molecular weight excluding hydrogens is 512 g/mol. The summed E-state index contributed by atoms with van der Waals surface area (Å²) >= 11 is 7.51. The molecule has 0 saturated heterocycles. The molecular formula is C23H21ClN4O5S2. The fourth-order valence-corrected chi connectivity index (χ4v) is 4.98. The number of hydrogen-bond donors (Lipinski definition) is 1. The fourth-order valence-electron chi connectivity index (χ4n) is 2.98. The molecule has 0 atom stereocenters. The second kappa shape index (κ2) is 11.3. The van der Waals surface area contributed by atoms with Gasteiger partial charge in [-0.15, -0.1) is 11.8 Å². The highest BCUT2D eigenvalue weighted by Crippen LogP contribution is 2.26. The van der Waals surface area contributed by atoms with Gasteiger partial charge >= 0.3 is 0 Å². The predicted octanol–water partition coefficient (Wildman–Crippen LogP) is 4.62. The van der Waals surface area contributed by atoms with Crippen LogP contribution in [0.3, 0.4) is 0 Å². The fraction of sp³-hybridized carbons (Fsp3) is 0.130. The van der Waals surface area contributed by atoms with Gasteiger partial charge in [0, 0.05) is 27.6 Å². The van der Waals surface area contributed by atoms with Crippen LogP contribution in [-0.4, -0.2) is 38.3 Å². The molecule has 3 aromatic carbocycles. The minimum atomic E-state index is -4.07. The lowest BCUT2D eigenvalue weighted by Crippen LogP contribution is -2.39. The topological polar surface area (TPSA) is 122 Å². The minimum Gasteiger partial charge on any atom is -0.271 e. The van der Waals surface area contributed by atoms with Gasteiger partial charge in [0.05, 0.1) is 21.7 Å². The summed E-state index contributed by atoms with van der Waals surface area (Å²) in [4.78, 5) is 24.0. The van der Waals surface area contributed by atoms with Crippen LogP contribution in [0.1, 0.15) is 11.1 Å². The summed E-state index contributed by atoms with van der Waals surface area (Å²) in [6.45, 7) is 1.32. The number of thioether (sulfide) groups is 1. The molecule has 0 unspecified atom stereocenters. The zero-order valence-electron chi connectivity index (χ0n) is 18.7. The molecule has 12 heteroatoms. The predicted molar refractivity (Wildman–Crippen MR) is 138 cm³/mol. The molecule has 35 heavy (non-hydrogen) atoms. The molecule has 0 heterocycles. The van der Waals surface area contributed by atoms with E-state index in [-0.39, 0.29) is 21.2 Å². The smallest absolute Gasteiger partial charge is 0.270 e. The third-order valence-corrected chi connectivity index (χ3v) is 7.72. The second-order valence-electron chi connectivity index (χ2n) is 7.28. The van der Waals surface area contributed by atoms with Gasteiger partial charge in [0.15, 0.2) is 0 Å². The normalized spacial score (nSPS) is 11.4. The van der Waals surface area contributed by atoms with Crippen LogP contribution in [-0.2, 0) is 14.8 Å². The summed E-state index contributed by atoms with van der Waals surface area (Å²) in [6.07, 6.45) is 3.03. The van der Waals surface area contributed by atoms with Crippen molar-refractivity contribution in [2.24, 2.45) is 5.10 Å². The number of non-ortho nitro benzene ring substituents is 1. The monoisotopic (exact) mass is 532 g/mol. The minimum absolute atomic E-state index is 0.0375. The Morgan fingerprint density at radius 3 is 2.40 bits per heavy atom. The molecule has 0 radical (unpaired) electrons. The third-order valence-electron chi connectivity index (χ3n) is 4.84. The van der Waals surface area contributed by atoms with E-state index >= 15 is 0 Å². The summed E-state index contributed by atoms with van der Waals surface area (Å²) in [5, 5.41) is 14.9. The molecule has 0 bridgehead atoms. The Labute approximate surface area is 212 Å². The van der Waals surface area contributed by atoms with E-state index in [4.69, 9.17) is 11.6 Å². The van der Waals surface area contributed by atoms with Crippen LogP contribution in [0.15, 0.2) is 81.6 Å². The molecule has 0 aliphatic rings. The zero-order valence-corrected chi connectivity index (χ0v) is 21.1. The summed E-state index contributed by atoms with van der Waals surface area (Å²) < 4.78 is 27.8. The molecule has 1 amide bonds. The number of nitro benzene ring substituents is 1. The van der Waals surface area contributed by atoms with E-state index in [0.717, 1.165) is 21.0 Å². The highest BCUT2D eigenvalue weighted by molar-refractivity contribution is 7.98. The lowest BCUT2D eigenvalue weighted by Gasteiger charge is -2.24. The molecule has 1 N–H and O–H groups in total. The van der Waals surface area contributed by atoms with Gasteiger partial charge in [-0.05, 0) is 55.6 Å². The molecule has 182 valence electrons. The molecule has 3 rings (SSSR count). The largest absolute Gasteiger partial charge is 0.271 e. The maximum absolute atomic E-state index is 13.4. The quantitative estimate of drug-likeness (QED) is 0.186. The average molecular weight is 533 g/mol. The van der Waals surface area contributed by atoms with E-state index in [1.54, 1.807) is 36.4 Å². The first-order chi connectivity index (χ1) is 16.6. The van der Waals surface area contributed by atoms with Gasteiger partial charge in [-0.3, -0.25) is 19.2 Å². The Morgan fingerprint density at radius 2 is 1.80 bits per heavy atom. The SMILES string of the molecule is CSc1ccc(S(=O)(=O)N(CC(=O)N/N=C\c2cc([N+](=O)[O-])ccc2Cl)c2ccc(C)cc2)cc1. The maximum Gasteiger partial charge on any atom is 0.270 e. The van der Waals surface area contributed by atoms with Crippen molar-refractivity contribution in [3.63, 3.8) is 0 Å². The van der Waals surface area contributed by atoms with Crippen LogP contribution >= 0.6 is 23.4 Å². The first-order valence-corrected chi connectivity index (χ1v) is 13.2. The van der Waals surface area contributed by atoms with Gasteiger partial charge in [-0.2, -0.15) is 5.10 Å². The lowest BCUT2D eigenvalue weighted by molar-refractivity contribution is -0.384. The number of nitrogens with one attached hydrogen (secondary N) is 1. The van der Waals surface area contributed by atoms with E-state index in [2.05, 4.69) is 10.5 Å².